The van der Waals surface area contributed by atoms with Crippen LogP contribution in [0.5, 0.6) is 0 Å². The van der Waals surface area contributed by atoms with Gasteiger partial charge in [-0.2, -0.15) is 11.8 Å². The molecule has 1 saturated heterocycles. The molecule has 0 aromatic heterocycles. The summed E-state index contributed by atoms with van der Waals surface area (Å²) < 4.78 is 13.0. The van der Waals surface area contributed by atoms with E-state index in [-0.39, 0.29) is 23.7 Å². The lowest BCUT2D eigenvalue weighted by molar-refractivity contribution is -0.133. The molecular weight excluding hydrogens is 287 g/mol. The van der Waals surface area contributed by atoms with Crippen molar-refractivity contribution in [3.05, 3.63) is 35.6 Å². The average Bonchev–Trinajstić information content (AvgIpc) is 2.86. The van der Waals surface area contributed by atoms with Crippen molar-refractivity contribution in [2.24, 2.45) is 5.73 Å². The monoisotopic (exact) mass is 310 g/mol. The van der Waals surface area contributed by atoms with Crippen LogP contribution in [0, 0.1) is 5.82 Å². The van der Waals surface area contributed by atoms with E-state index < -0.39 is 6.04 Å². The number of benzene rings is 1. The minimum atomic E-state index is -0.410. The van der Waals surface area contributed by atoms with Crippen LogP contribution in [0.25, 0.3) is 0 Å². The molecule has 1 fully saturated rings. The normalized spacial score (nSPS) is 23.3. The third-order valence-electron chi connectivity index (χ3n) is 4.15. The molecular formula is C16H23FN2OS. The first-order valence-electron chi connectivity index (χ1n) is 7.33. The summed E-state index contributed by atoms with van der Waals surface area (Å²) in [6.07, 6.45) is 3.64. The van der Waals surface area contributed by atoms with Gasteiger partial charge in [0.05, 0.1) is 6.04 Å². The molecule has 0 aliphatic carbocycles. The SMILES string of the molecule is CSCC[C@H](N)C(=O)N1C[C@@H](c2ccc(F)cc2)C[C@@H]1C. The van der Waals surface area contributed by atoms with E-state index in [9.17, 15) is 9.18 Å². The number of carbonyl (C=O) groups excluding carboxylic acids is 1. The summed E-state index contributed by atoms with van der Waals surface area (Å²) in [4.78, 5) is 14.3. The van der Waals surface area contributed by atoms with E-state index in [0.29, 0.717) is 13.0 Å². The number of halogens is 1. The molecule has 3 atom stereocenters. The molecule has 1 aromatic rings. The first-order chi connectivity index (χ1) is 10.0. The van der Waals surface area contributed by atoms with Crippen molar-refractivity contribution in [3.63, 3.8) is 0 Å². The van der Waals surface area contributed by atoms with Gasteiger partial charge in [-0.25, -0.2) is 4.39 Å². The summed E-state index contributed by atoms with van der Waals surface area (Å²) in [7, 11) is 0. The Morgan fingerprint density at radius 2 is 2.14 bits per heavy atom. The molecule has 116 valence electrons. The Morgan fingerprint density at radius 3 is 2.76 bits per heavy atom. The van der Waals surface area contributed by atoms with Gasteiger partial charge in [-0.1, -0.05) is 12.1 Å². The summed E-state index contributed by atoms with van der Waals surface area (Å²) in [5, 5.41) is 0. The van der Waals surface area contributed by atoms with Gasteiger partial charge in [-0.15, -0.1) is 0 Å². The third-order valence-corrected chi connectivity index (χ3v) is 4.79. The van der Waals surface area contributed by atoms with E-state index in [1.54, 1.807) is 11.8 Å². The predicted octanol–water partition coefficient (Wildman–Crippen LogP) is 2.61. The molecule has 1 amide bonds. The van der Waals surface area contributed by atoms with Crippen LogP contribution in [0.15, 0.2) is 24.3 Å². The van der Waals surface area contributed by atoms with Crippen LogP contribution < -0.4 is 5.73 Å². The third kappa shape index (κ3) is 3.98. The first kappa shape index (κ1) is 16.3. The highest BCUT2D eigenvalue weighted by molar-refractivity contribution is 7.98. The zero-order chi connectivity index (χ0) is 15.4. The molecule has 21 heavy (non-hydrogen) atoms. The van der Waals surface area contributed by atoms with Crippen molar-refractivity contribution in [2.75, 3.05) is 18.6 Å². The van der Waals surface area contributed by atoms with Gasteiger partial charge in [0, 0.05) is 18.5 Å². The molecule has 1 heterocycles. The van der Waals surface area contributed by atoms with Crippen molar-refractivity contribution in [1.82, 2.24) is 4.90 Å². The Hall–Kier alpha value is -1.07. The second-order valence-electron chi connectivity index (χ2n) is 5.71. The van der Waals surface area contributed by atoms with E-state index in [1.165, 1.54) is 12.1 Å². The van der Waals surface area contributed by atoms with Gasteiger partial charge in [-0.05, 0) is 49.5 Å². The van der Waals surface area contributed by atoms with E-state index in [4.69, 9.17) is 5.73 Å². The number of rotatable bonds is 5. The van der Waals surface area contributed by atoms with Crippen LogP contribution in [0.3, 0.4) is 0 Å². The van der Waals surface area contributed by atoms with Gasteiger partial charge >= 0.3 is 0 Å². The maximum absolute atomic E-state index is 13.0. The van der Waals surface area contributed by atoms with Gasteiger partial charge in [0.25, 0.3) is 0 Å². The Bertz CT molecular complexity index is 480. The Balaban J connectivity index is 2.00. The minimum absolute atomic E-state index is 0.0427. The van der Waals surface area contributed by atoms with Crippen molar-refractivity contribution < 1.29 is 9.18 Å². The second-order valence-corrected chi connectivity index (χ2v) is 6.70. The largest absolute Gasteiger partial charge is 0.338 e. The fourth-order valence-electron chi connectivity index (χ4n) is 2.90. The van der Waals surface area contributed by atoms with E-state index >= 15 is 0 Å². The minimum Gasteiger partial charge on any atom is -0.338 e. The summed E-state index contributed by atoms with van der Waals surface area (Å²) >= 11 is 1.70. The quantitative estimate of drug-likeness (QED) is 0.909. The van der Waals surface area contributed by atoms with Gasteiger partial charge < -0.3 is 10.6 Å². The van der Waals surface area contributed by atoms with Crippen molar-refractivity contribution in [2.45, 2.75) is 37.8 Å². The maximum Gasteiger partial charge on any atom is 0.239 e. The van der Waals surface area contributed by atoms with Gasteiger partial charge in [-0.3, -0.25) is 4.79 Å². The fourth-order valence-corrected chi connectivity index (χ4v) is 3.39. The molecule has 5 heteroatoms. The summed E-state index contributed by atoms with van der Waals surface area (Å²) in [5.74, 6) is 0.992. The molecule has 1 aromatic carbocycles. The number of likely N-dealkylation sites (tertiary alicyclic amines) is 1. The number of hydrogen-bond acceptors (Lipinski definition) is 3. The smallest absolute Gasteiger partial charge is 0.239 e. The highest BCUT2D eigenvalue weighted by Crippen LogP contribution is 2.32. The first-order valence-corrected chi connectivity index (χ1v) is 8.72. The van der Waals surface area contributed by atoms with E-state index in [1.807, 2.05) is 23.3 Å². The van der Waals surface area contributed by atoms with Crippen LogP contribution in [0.1, 0.15) is 31.2 Å². The molecule has 0 saturated carbocycles. The number of nitrogens with zero attached hydrogens (tertiary/aromatic N) is 1. The molecule has 0 bridgehead atoms. The van der Waals surface area contributed by atoms with Crippen molar-refractivity contribution in [1.29, 1.82) is 0 Å². The lowest BCUT2D eigenvalue weighted by Gasteiger charge is -2.25. The topological polar surface area (TPSA) is 46.3 Å². The molecule has 0 radical (unpaired) electrons. The Morgan fingerprint density at radius 1 is 1.48 bits per heavy atom. The van der Waals surface area contributed by atoms with Crippen molar-refractivity contribution >= 4 is 17.7 Å². The summed E-state index contributed by atoms with van der Waals surface area (Å²) in [5.41, 5.74) is 7.09. The average molecular weight is 310 g/mol. The highest BCUT2D eigenvalue weighted by atomic mass is 32.2. The molecule has 2 N–H and O–H groups in total. The number of nitrogens with two attached hydrogens (primary N) is 1. The maximum atomic E-state index is 13.0. The highest BCUT2D eigenvalue weighted by Gasteiger charge is 2.34. The molecule has 2 rings (SSSR count). The van der Waals surface area contributed by atoms with Gasteiger partial charge in [0.15, 0.2) is 0 Å². The Labute approximate surface area is 130 Å². The fraction of sp³-hybridized carbons (Fsp3) is 0.562. The van der Waals surface area contributed by atoms with Crippen molar-refractivity contribution in [3.8, 4) is 0 Å². The standard InChI is InChI=1S/C16H23FN2OS/c1-11-9-13(12-3-5-14(17)6-4-12)10-19(11)16(20)15(18)7-8-21-2/h3-6,11,13,15H,7-10,18H2,1-2H3/t11-,13-,15-/m0/s1. The molecule has 0 spiro atoms. The predicted molar refractivity (Wildman–Crippen MR) is 85.9 cm³/mol. The molecule has 0 unspecified atom stereocenters. The number of thioether (sulfide) groups is 1. The second kappa shape index (κ2) is 7.27. The van der Waals surface area contributed by atoms with E-state index in [2.05, 4.69) is 6.92 Å². The Kier molecular flexibility index (Phi) is 5.65. The number of carbonyl (C=O) groups is 1. The lowest BCUT2D eigenvalue weighted by atomic mass is 9.97. The van der Waals surface area contributed by atoms with Gasteiger partial charge in [0.1, 0.15) is 5.82 Å². The molecule has 1 aliphatic heterocycles. The van der Waals surface area contributed by atoms with Crippen LogP contribution in [-0.2, 0) is 4.79 Å². The van der Waals surface area contributed by atoms with Crippen LogP contribution in [0.2, 0.25) is 0 Å². The zero-order valence-electron chi connectivity index (χ0n) is 12.6. The lowest BCUT2D eigenvalue weighted by Crippen LogP contribution is -2.45. The van der Waals surface area contributed by atoms with Crippen LogP contribution in [0.4, 0.5) is 4.39 Å². The summed E-state index contributed by atoms with van der Waals surface area (Å²) in [6.45, 7) is 2.74. The van der Waals surface area contributed by atoms with Gasteiger partial charge in [0.2, 0.25) is 5.91 Å². The number of amides is 1. The number of hydrogen-bond donors (Lipinski definition) is 1. The molecule has 3 nitrogen and oxygen atoms in total. The molecule has 1 aliphatic rings. The van der Waals surface area contributed by atoms with Crippen LogP contribution in [-0.4, -0.2) is 41.4 Å². The van der Waals surface area contributed by atoms with Crippen LogP contribution >= 0.6 is 11.8 Å². The van der Waals surface area contributed by atoms with E-state index in [0.717, 1.165) is 17.7 Å². The zero-order valence-corrected chi connectivity index (χ0v) is 13.4. The summed E-state index contributed by atoms with van der Waals surface area (Å²) in [6, 6.07) is 6.37.